The van der Waals surface area contributed by atoms with Crippen LogP contribution in [0.15, 0.2) is 18.2 Å². The van der Waals surface area contributed by atoms with Gasteiger partial charge in [0.2, 0.25) is 17.8 Å². The number of benzene rings is 1. The lowest BCUT2D eigenvalue weighted by molar-refractivity contribution is -0.120. The van der Waals surface area contributed by atoms with Gasteiger partial charge in [0.05, 0.1) is 18.5 Å². The fourth-order valence-electron chi connectivity index (χ4n) is 4.83. The number of fused-ring (bicyclic) bond motifs is 1. The Hall–Kier alpha value is -3.36. The van der Waals surface area contributed by atoms with E-state index in [1.165, 1.54) is 7.11 Å². The highest BCUT2D eigenvalue weighted by molar-refractivity contribution is 6.05. The predicted octanol–water partition coefficient (Wildman–Crippen LogP) is 3.14. The molecular formula is C23H30N6O3. The normalized spacial score (nSPS) is 18.6. The number of hydrogen-bond acceptors (Lipinski definition) is 7. The van der Waals surface area contributed by atoms with Crippen molar-refractivity contribution in [1.29, 1.82) is 0 Å². The summed E-state index contributed by atoms with van der Waals surface area (Å²) >= 11 is 0. The number of aryl methyl sites for hydroxylation is 1. The van der Waals surface area contributed by atoms with E-state index in [9.17, 15) is 9.59 Å². The molecule has 0 bridgehead atoms. The summed E-state index contributed by atoms with van der Waals surface area (Å²) in [5, 5.41) is 3.22. The summed E-state index contributed by atoms with van der Waals surface area (Å²) in [6.45, 7) is 3.93. The van der Waals surface area contributed by atoms with Gasteiger partial charge in [0.15, 0.2) is 5.82 Å². The molecule has 2 aliphatic rings. The van der Waals surface area contributed by atoms with E-state index in [1.807, 2.05) is 13.8 Å². The van der Waals surface area contributed by atoms with Gasteiger partial charge in [-0.25, -0.2) is 4.98 Å². The molecule has 1 saturated carbocycles. The van der Waals surface area contributed by atoms with E-state index in [2.05, 4.69) is 15.2 Å². The summed E-state index contributed by atoms with van der Waals surface area (Å²) < 4.78 is 5.43. The van der Waals surface area contributed by atoms with Gasteiger partial charge < -0.3 is 25.6 Å². The molecule has 1 aromatic heterocycles. The average molecular weight is 439 g/mol. The Morgan fingerprint density at radius 3 is 2.62 bits per heavy atom. The van der Waals surface area contributed by atoms with Crippen LogP contribution >= 0.6 is 0 Å². The minimum Gasteiger partial charge on any atom is -0.495 e. The number of carbonyl (C=O) groups is 2. The van der Waals surface area contributed by atoms with Gasteiger partial charge in [0.25, 0.3) is 0 Å². The molecule has 2 aromatic rings. The van der Waals surface area contributed by atoms with Gasteiger partial charge in [-0.05, 0) is 44.4 Å². The smallest absolute Gasteiger partial charge is 0.249 e. The van der Waals surface area contributed by atoms with Gasteiger partial charge in [-0.2, -0.15) is 4.98 Å². The lowest BCUT2D eigenvalue weighted by atomic mass is 10.0. The first kappa shape index (κ1) is 21.9. The van der Waals surface area contributed by atoms with Crippen LogP contribution in [0.2, 0.25) is 0 Å². The van der Waals surface area contributed by atoms with Crippen molar-refractivity contribution in [2.24, 2.45) is 5.73 Å². The molecule has 4 rings (SSSR count). The first-order chi connectivity index (χ1) is 15.3. The summed E-state index contributed by atoms with van der Waals surface area (Å²) in [4.78, 5) is 38.1. The molecule has 32 heavy (non-hydrogen) atoms. The highest BCUT2D eigenvalue weighted by atomic mass is 16.5. The number of nitrogens with two attached hydrogens (primary N) is 1. The highest BCUT2D eigenvalue weighted by Crippen LogP contribution is 2.42. The second kappa shape index (κ2) is 8.64. The molecule has 1 aliphatic heterocycles. The number of primary amides is 1. The van der Waals surface area contributed by atoms with Gasteiger partial charge in [0, 0.05) is 18.7 Å². The summed E-state index contributed by atoms with van der Waals surface area (Å²) in [5.41, 5.74) is 7.84. The van der Waals surface area contributed by atoms with Crippen LogP contribution in [0.4, 0.5) is 23.1 Å². The van der Waals surface area contributed by atoms with Crippen molar-refractivity contribution >= 4 is 35.0 Å². The zero-order valence-corrected chi connectivity index (χ0v) is 19.0. The van der Waals surface area contributed by atoms with Crippen LogP contribution in [0.1, 0.15) is 55.1 Å². The number of hydrogen-bond donors (Lipinski definition) is 2. The molecule has 9 heteroatoms. The van der Waals surface area contributed by atoms with E-state index in [-0.39, 0.29) is 11.9 Å². The topological polar surface area (TPSA) is 114 Å². The average Bonchev–Trinajstić information content (AvgIpc) is 3.30. The van der Waals surface area contributed by atoms with Crippen molar-refractivity contribution in [3.8, 4) is 5.75 Å². The molecule has 2 amide bonds. The number of ether oxygens (including phenoxy) is 1. The fourth-order valence-corrected chi connectivity index (χ4v) is 4.83. The predicted molar refractivity (Wildman–Crippen MR) is 124 cm³/mol. The number of aromatic nitrogens is 2. The minimum absolute atomic E-state index is 0.0861. The van der Waals surface area contributed by atoms with Crippen LogP contribution in [0.5, 0.6) is 5.75 Å². The zero-order chi connectivity index (χ0) is 23.0. The third-order valence-corrected chi connectivity index (χ3v) is 6.41. The SMILES string of the molecule is CC[C@@H]1C(=O)N(C)c2c(C)nc(Nc3ccc(C(N)=O)cc3OC)nc2N1C1CCCC1. The molecule has 0 unspecified atom stereocenters. The number of carbonyl (C=O) groups excluding carboxylic acids is 2. The van der Waals surface area contributed by atoms with Gasteiger partial charge in [-0.3, -0.25) is 9.59 Å². The molecular weight excluding hydrogens is 408 g/mol. The van der Waals surface area contributed by atoms with E-state index >= 15 is 0 Å². The lowest BCUT2D eigenvalue weighted by Crippen LogP contribution is -2.55. The number of nitrogens with zero attached hydrogens (tertiary/aromatic N) is 4. The lowest BCUT2D eigenvalue weighted by Gasteiger charge is -2.44. The van der Waals surface area contributed by atoms with Crippen molar-refractivity contribution < 1.29 is 14.3 Å². The fraction of sp³-hybridized carbons (Fsp3) is 0.478. The van der Waals surface area contributed by atoms with E-state index < -0.39 is 5.91 Å². The van der Waals surface area contributed by atoms with Crippen molar-refractivity contribution in [1.82, 2.24) is 9.97 Å². The van der Waals surface area contributed by atoms with Crippen molar-refractivity contribution in [3.05, 3.63) is 29.5 Å². The third-order valence-electron chi connectivity index (χ3n) is 6.41. The van der Waals surface area contributed by atoms with Crippen LogP contribution in [0, 0.1) is 6.92 Å². The summed E-state index contributed by atoms with van der Waals surface area (Å²) in [6.07, 6.45) is 5.15. The Morgan fingerprint density at radius 2 is 2.00 bits per heavy atom. The zero-order valence-electron chi connectivity index (χ0n) is 19.0. The van der Waals surface area contributed by atoms with Gasteiger partial charge >= 0.3 is 0 Å². The Morgan fingerprint density at radius 1 is 1.28 bits per heavy atom. The quantitative estimate of drug-likeness (QED) is 0.712. The maximum Gasteiger partial charge on any atom is 0.249 e. The molecule has 1 aromatic carbocycles. The molecule has 3 N–H and O–H groups in total. The molecule has 2 heterocycles. The Kier molecular flexibility index (Phi) is 5.90. The molecule has 170 valence electrons. The maximum atomic E-state index is 13.1. The molecule has 1 fully saturated rings. The molecule has 0 saturated heterocycles. The van der Waals surface area contributed by atoms with Crippen LogP contribution < -0.4 is 25.6 Å². The van der Waals surface area contributed by atoms with Gasteiger partial charge in [0.1, 0.15) is 17.5 Å². The van der Waals surface area contributed by atoms with Crippen molar-refractivity contribution in [3.63, 3.8) is 0 Å². The first-order valence-corrected chi connectivity index (χ1v) is 11.0. The first-order valence-electron chi connectivity index (χ1n) is 11.0. The standard InChI is InChI=1S/C23H30N6O3/c1-5-17-22(31)28(3)19-13(2)25-23(27-21(19)29(17)15-8-6-7-9-15)26-16-11-10-14(20(24)30)12-18(16)32-4/h10-12,15,17H,5-9H2,1-4H3,(H2,24,30)(H,25,26,27)/t17-/m1/s1. The van der Waals surface area contributed by atoms with Crippen molar-refractivity contribution in [2.75, 3.05) is 29.3 Å². The summed E-state index contributed by atoms with van der Waals surface area (Å²) in [5.74, 6) is 1.22. The largest absolute Gasteiger partial charge is 0.495 e. The van der Waals surface area contributed by atoms with E-state index in [4.69, 9.17) is 15.5 Å². The van der Waals surface area contributed by atoms with E-state index in [0.29, 0.717) is 35.4 Å². The maximum absolute atomic E-state index is 13.1. The molecule has 0 spiro atoms. The van der Waals surface area contributed by atoms with Crippen LogP contribution in [-0.2, 0) is 4.79 Å². The Balaban J connectivity index is 1.78. The number of rotatable bonds is 6. The van der Waals surface area contributed by atoms with Crippen LogP contribution in [0.25, 0.3) is 0 Å². The minimum atomic E-state index is -0.527. The Labute approximate surface area is 188 Å². The number of anilines is 4. The van der Waals surface area contributed by atoms with Crippen molar-refractivity contribution in [2.45, 2.75) is 58.0 Å². The monoisotopic (exact) mass is 438 g/mol. The van der Waals surface area contributed by atoms with Gasteiger partial charge in [-0.15, -0.1) is 0 Å². The summed E-state index contributed by atoms with van der Waals surface area (Å²) in [7, 11) is 3.32. The molecule has 1 atom stereocenters. The van der Waals surface area contributed by atoms with Crippen LogP contribution in [0.3, 0.4) is 0 Å². The number of amides is 2. The molecule has 0 radical (unpaired) electrons. The third kappa shape index (κ3) is 3.72. The molecule has 9 nitrogen and oxygen atoms in total. The number of methoxy groups -OCH3 is 1. The van der Waals surface area contributed by atoms with Gasteiger partial charge in [-0.1, -0.05) is 19.8 Å². The van der Waals surface area contributed by atoms with Crippen LogP contribution in [-0.4, -0.2) is 48.0 Å². The summed E-state index contributed by atoms with van der Waals surface area (Å²) in [6, 6.07) is 4.99. The second-order valence-electron chi connectivity index (χ2n) is 8.38. The van der Waals surface area contributed by atoms with E-state index in [1.54, 1.807) is 30.1 Å². The highest BCUT2D eigenvalue weighted by Gasteiger charge is 2.42. The molecule has 1 aliphatic carbocycles. The number of likely N-dealkylation sites (N-methyl/N-ethyl adjacent to an activating group) is 1. The number of nitrogens with one attached hydrogen (secondary N) is 1. The van der Waals surface area contributed by atoms with E-state index in [0.717, 1.165) is 42.9 Å². The Bertz CT molecular complexity index is 1050. The second-order valence-corrected chi connectivity index (χ2v) is 8.38.